The van der Waals surface area contributed by atoms with Gasteiger partial charge in [-0.25, -0.2) is 4.68 Å². The van der Waals surface area contributed by atoms with Gasteiger partial charge in [0.25, 0.3) is 0 Å². The van der Waals surface area contributed by atoms with E-state index in [1.165, 1.54) is 17.3 Å². The van der Waals surface area contributed by atoms with Gasteiger partial charge in [0, 0.05) is 12.1 Å². The molecule has 0 bridgehead atoms. The number of benzene rings is 1. The van der Waals surface area contributed by atoms with Crippen LogP contribution in [-0.4, -0.2) is 35.7 Å². The molecule has 1 amide bonds. The fourth-order valence-electron chi connectivity index (χ4n) is 2.66. The summed E-state index contributed by atoms with van der Waals surface area (Å²) in [6.45, 7) is 8.51. The summed E-state index contributed by atoms with van der Waals surface area (Å²) >= 11 is 1.40. The van der Waals surface area contributed by atoms with Crippen molar-refractivity contribution in [1.82, 2.24) is 24.5 Å². The molecule has 7 nitrogen and oxygen atoms in total. The maximum absolute atomic E-state index is 12.6. The number of hydrogen-bond donors (Lipinski definition) is 1. The molecule has 1 N–H and O–H groups in total. The second kappa shape index (κ2) is 8.39. The van der Waals surface area contributed by atoms with Gasteiger partial charge in [-0.3, -0.25) is 4.79 Å². The van der Waals surface area contributed by atoms with Gasteiger partial charge in [-0.1, -0.05) is 42.1 Å². The molecule has 0 aliphatic heterocycles. The molecule has 1 atom stereocenters. The maximum atomic E-state index is 12.6. The maximum Gasteiger partial charge on any atom is 0.238 e. The van der Waals surface area contributed by atoms with Crippen LogP contribution in [0.3, 0.4) is 0 Å². The largest absolute Gasteiger partial charge is 0.310 e. The van der Waals surface area contributed by atoms with E-state index in [-0.39, 0.29) is 17.2 Å². The highest BCUT2D eigenvalue weighted by molar-refractivity contribution is 8.00. The van der Waals surface area contributed by atoms with E-state index in [9.17, 15) is 4.79 Å². The highest BCUT2D eigenvalue weighted by Crippen LogP contribution is 2.24. The Morgan fingerprint density at radius 1 is 1.15 bits per heavy atom. The second-order valence-electron chi connectivity index (χ2n) is 6.61. The van der Waals surface area contributed by atoms with Gasteiger partial charge in [0.1, 0.15) is 11.6 Å². The average molecular weight is 385 g/mol. The van der Waals surface area contributed by atoms with E-state index >= 15 is 0 Å². The number of carbonyl (C=O) groups excluding carboxylic acids is 1. The first-order chi connectivity index (χ1) is 13.0. The fourth-order valence-corrected chi connectivity index (χ4v) is 3.56. The minimum Gasteiger partial charge on any atom is -0.310 e. The van der Waals surface area contributed by atoms with Crippen molar-refractivity contribution in [2.24, 2.45) is 0 Å². The van der Waals surface area contributed by atoms with Crippen molar-refractivity contribution >= 4 is 23.5 Å². The Balaban J connectivity index is 1.70. The summed E-state index contributed by atoms with van der Waals surface area (Å²) in [5.74, 6) is 1.44. The Kier molecular flexibility index (Phi) is 5.95. The van der Waals surface area contributed by atoms with E-state index in [1.54, 1.807) is 16.9 Å². The second-order valence-corrected chi connectivity index (χ2v) is 7.91. The van der Waals surface area contributed by atoms with Crippen LogP contribution in [0.4, 0.5) is 5.82 Å². The average Bonchev–Trinajstić information content (AvgIpc) is 3.24. The quantitative estimate of drug-likeness (QED) is 0.631. The Bertz CT molecular complexity index is 902. The van der Waals surface area contributed by atoms with Crippen molar-refractivity contribution < 1.29 is 4.79 Å². The van der Waals surface area contributed by atoms with Crippen LogP contribution >= 0.6 is 11.8 Å². The van der Waals surface area contributed by atoms with E-state index < -0.39 is 0 Å². The van der Waals surface area contributed by atoms with Crippen LogP contribution < -0.4 is 5.32 Å². The minimum atomic E-state index is -0.321. The Morgan fingerprint density at radius 2 is 1.89 bits per heavy atom. The number of amides is 1. The van der Waals surface area contributed by atoms with Gasteiger partial charge in [0.15, 0.2) is 5.16 Å². The van der Waals surface area contributed by atoms with Crippen LogP contribution in [0, 0.1) is 6.92 Å². The van der Waals surface area contributed by atoms with Crippen LogP contribution in [0.25, 0.3) is 0 Å². The molecule has 8 heteroatoms. The van der Waals surface area contributed by atoms with Gasteiger partial charge < -0.3 is 9.88 Å². The Hall–Kier alpha value is -2.61. The first kappa shape index (κ1) is 19.2. The molecule has 1 aromatic carbocycles. The summed E-state index contributed by atoms with van der Waals surface area (Å²) in [7, 11) is 0. The lowest BCUT2D eigenvalue weighted by Gasteiger charge is -2.15. The molecule has 2 heterocycles. The molecule has 1 unspecified atom stereocenters. The number of rotatable bonds is 7. The van der Waals surface area contributed by atoms with Crippen LogP contribution in [0.1, 0.15) is 38.2 Å². The van der Waals surface area contributed by atoms with E-state index in [1.807, 2.05) is 50.5 Å². The van der Waals surface area contributed by atoms with Crippen molar-refractivity contribution in [1.29, 1.82) is 0 Å². The van der Waals surface area contributed by atoms with Crippen LogP contribution in [0.15, 0.2) is 47.8 Å². The SMILES string of the molecule is Cc1nnc(SC(C)C(=O)Nc2ccnn2C(C)C)n1Cc1ccccc1. The fraction of sp³-hybridized carbons (Fsp3) is 0.368. The number of hydrogen-bond acceptors (Lipinski definition) is 5. The molecule has 142 valence electrons. The van der Waals surface area contributed by atoms with Crippen LogP contribution in [-0.2, 0) is 11.3 Å². The predicted molar refractivity (Wildman–Crippen MR) is 107 cm³/mol. The van der Waals surface area contributed by atoms with E-state index in [2.05, 4.69) is 32.7 Å². The lowest BCUT2D eigenvalue weighted by Crippen LogP contribution is -2.25. The molecule has 0 aliphatic rings. The zero-order valence-electron chi connectivity index (χ0n) is 16.0. The van der Waals surface area contributed by atoms with Gasteiger partial charge in [0.05, 0.1) is 18.0 Å². The van der Waals surface area contributed by atoms with Crippen LogP contribution in [0.5, 0.6) is 0 Å². The summed E-state index contributed by atoms with van der Waals surface area (Å²) in [6.07, 6.45) is 1.69. The molecule has 0 aliphatic carbocycles. The van der Waals surface area contributed by atoms with Crippen molar-refractivity contribution in [2.75, 3.05) is 5.32 Å². The molecule has 27 heavy (non-hydrogen) atoms. The smallest absolute Gasteiger partial charge is 0.238 e. The number of aryl methyl sites for hydroxylation is 1. The number of aromatic nitrogens is 5. The minimum absolute atomic E-state index is 0.0886. The third-order valence-corrected chi connectivity index (χ3v) is 5.23. The van der Waals surface area contributed by atoms with Gasteiger partial charge in [-0.2, -0.15) is 5.10 Å². The van der Waals surface area contributed by atoms with E-state index in [0.29, 0.717) is 12.4 Å². The van der Waals surface area contributed by atoms with Gasteiger partial charge >= 0.3 is 0 Å². The third kappa shape index (κ3) is 4.57. The Labute approximate surface area is 163 Å². The molecule has 0 radical (unpaired) electrons. The summed E-state index contributed by atoms with van der Waals surface area (Å²) in [5.41, 5.74) is 1.17. The highest BCUT2D eigenvalue weighted by atomic mass is 32.2. The van der Waals surface area contributed by atoms with Crippen molar-refractivity contribution in [3.63, 3.8) is 0 Å². The lowest BCUT2D eigenvalue weighted by atomic mass is 10.2. The summed E-state index contributed by atoms with van der Waals surface area (Å²) in [4.78, 5) is 12.6. The number of anilines is 1. The molecule has 0 fully saturated rings. The first-order valence-corrected chi connectivity index (χ1v) is 9.78. The van der Waals surface area contributed by atoms with Crippen molar-refractivity contribution in [3.8, 4) is 0 Å². The van der Waals surface area contributed by atoms with Crippen molar-refractivity contribution in [2.45, 2.75) is 50.7 Å². The topological polar surface area (TPSA) is 77.6 Å². The van der Waals surface area contributed by atoms with Crippen molar-refractivity contribution in [3.05, 3.63) is 54.0 Å². The predicted octanol–water partition coefficient (Wildman–Crippen LogP) is 3.53. The highest BCUT2D eigenvalue weighted by Gasteiger charge is 2.20. The Morgan fingerprint density at radius 3 is 2.59 bits per heavy atom. The lowest BCUT2D eigenvalue weighted by molar-refractivity contribution is -0.115. The first-order valence-electron chi connectivity index (χ1n) is 8.90. The molecule has 0 saturated heterocycles. The third-order valence-electron chi connectivity index (χ3n) is 4.15. The zero-order chi connectivity index (χ0) is 19.4. The number of nitrogens with zero attached hydrogens (tertiary/aromatic N) is 5. The molecular weight excluding hydrogens is 360 g/mol. The summed E-state index contributed by atoms with van der Waals surface area (Å²) in [5, 5.41) is 16.0. The van der Waals surface area contributed by atoms with Gasteiger partial charge in [-0.05, 0) is 33.3 Å². The molecule has 3 rings (SSSR count). The molecule has 2 aromatic heterocycles. The number of nitrogens with one attached hydrogen (secondary N) is 1. The number of thioether (sulfide) groups is 1. The van der Waals surface area contributed by atoms with E-state index in [0.717, 1.165) is 11.0 Å². The van der Waals surface area contributed by atoms with Gasteiger partial charge in [-0.15, -0.1) is 10.2 Å². The monoisotopic (exact) mass is 384 g/mol. The molecule has 0 spiro atoms. The van der Waals surface area contributed by atoms with E-state index in [4.69, 9.17) is 0 Å². The standard InChI is InChI=1S/C19H24N6OS/c1-13(2)25-17(10-11-20-25)21-18(26)14(3)27-19-23-22-15(4)24(19)12-16-8-6-5-7-9-16/h5-11,13-14H,12H2,1-4H3,(H,21,26). The molecule has 3 aromatic rings. The molecular formula is C19H24N6OS. The number of carbonyl (C=O) groups is 1. The van der Waals surface area contributed by atoms with Gasteiger partial charge in [0.2, 0.25) is 5.91 Å². The summed E-state index contributed by atoms with van der Waals surface area (Å²) < 4.78 is 3.82. The zero-order valence-corrected chi connectivity index (χ0v) is 16.8. The normalized spacial score (nSPS) is 12.3. The van der Waals surface area contributed by atoms with Crippen LogP contribution in [0.2, 0.25) is 0 Å². The summed E-state index contributed by atoms with van der Waals surface area (Å²) in [6, 6.07) is 12.1. The molecule has 0 saturated carbocycles.